The van der Waals surface area contributed by atoms with Gasteiger partial charge in [-0.1, -0.05) is 12.1 Å². The number of ether oxygens (including phenoxy) is 1. The number of imidazole rings is 1. The van der Waals surface area contributed by atoms with E-state index < -0.39 is 12.0 Å². The third kappa shape index (κ3) is 2.34. The second kappa shape index (κ2) is 4.94. The van der Waals surface area contributed by atoms with Crippen molar-refractivity contribution in [3.63, 3.8) is 0 Å². The zero-order valence-electron chi connectivity index (χ0n) is 11.5. The number of hydrogen-bond donors (Lipinski definition) is 0. The smallest absolute Gasteiger partial charge is 0.450 e. The van der Waals surface area contributed by atoms with Gasteiger partial charge in [0.2, 0.25) is 5.82 Å². The zero-order valence-corrected chi connectivity index (χ0v) is 11.5. The van der Waals surface area contributed by atoms with Gasteiger partial charge >= 0.3 is 6.18 Å². The molecule has 4 nitrogen and oxygen atoms in total. The minimum atomic E-state index is -4.59. The first-order valence-electron chi connectivity index (χ1n) is 6.36. The van der Waals surface area contributed by atoms with Crippen LogP contribution in [0.25, 0.3) is 22.5 Å². The number of benzene rings is 2. The van der Waals surface area contributed by atoms with Gasteiger partial charge in [-0.25, -0.2) is 4.98 Å². The van der Waals surface area contributed by atoms with E-state index in [0.29, 0.717) is 17.0 Å². The molecule has 0 aliphatic heterocycles. The summed E-state index contributed by atoms with van der Waals surface area (Å²) in [5.74, 6) is -0.569. The number of alkyl halides is 3. The molecule has 2 aromatic carbocycles. The summed E-state index contributed by atoms with van der Waals surface area (Å²) in [6.45, 7) is 0. The molecule has 1 heterocycles. The zero-order chi connectivity index (χ0) is 15.9. The highest BCUT2D eigenvalue weighted by atomic mass is 19.4. The van der Waals surface area contributed by atoms with Crippen LogP contribution in [0.15, 0.2) is 42.5 Å². The van der Waals surface area contributed by atoms with Crippen LogP contribution in [-0.2, 0) is 6.18 Å². The van der Waals surface area contributed by atoms with Crippen molar-refractivity contribution in [3.05, 3.63) is 54.0 Å². The number of aromatic nitrogens is 2. The average Bonchev–Trinajstić information content (AvgIpc) is 2.86. The van der Waals surface area contributed by atoms with E-state index in [9.17, 15) is 13.2 Å². The molecule has 0 saturated carbocycles. The Hall–Kier alpha value is -2.70. The normalized spacial score (nSPS) is 11.8. The predicted molar refractivity (Wildman–Crippen MR) is 76.6 cm³/mol. The second-order valence-electron chi connectivity index (χ2n) is 4.67. The van der Waals surface area contributed by atoms with Crippen molar-refractivity contribution < 1.29 is 17.9 Å². The highest BCUT2D eigenvalue weighted by Gasteiger charge is 2.38. The van der Waals surface area contributed by atoms with Crippen molar-refractivity contribution >= 4 is 16.7 Å². The van der Waals surface area contributed by atoms with Crippen LogP contribution in [0, 0.1) is 0 Å². The fourth-order valence-electron chi connectivity index (χ4n) is 2.25. The van der Waals surface area contributed by atoms with Gasteiger partial charge in [0.05, 0.1) is 18.1 Å². The minimum Gasteiger partial charge on any atom is -0.699 e. The summed E-state index contributed by atoms with van der Waals surface area (Å²) in [4.78, 5) is 3.70. The standard InChI is InChI=1S/C15H11F3N3O/c1-22-11-6-7-13-12(8-11)20-14(15(16,17)18)21(13)10-4-2-9(19)3-5-10/h2-8,19H,1H3/q-1. The van der Waals surface area contributed by atoms with Crippen LogP contribution in [0.4, 0.5) is 18.9 Å². The molecule has 0 spiro atoms. The largest absolute Gasteiger partial charge is 0.699 e. The Balaban J connectivity index is 2.32. The molecule has 0 aliphatic rings. The van der Waals surface area contributed by atoms with Crippen LogP contribution >= 0.6 is 0 Å². The molecule has 0 atom stereocenters. The summed E-state index contributed by atoms with van der Waals surface area (Å²) >= 11 is 0. The van der Waals surface area contributed by atoms with Gasteiger partial charge in [-0.15, -0.1) is 5.69 Å². The molecule has 114 valence electrons. The number of fused-ring (bicyclic) bond motifs is 1. The Morgan fingerprint density at radius 3 is 2.36 bits per heavy atom. The molecule has 0 aliphatic carbocycles. The van der Waals surface area contributed by atoms with Crippen molar-refractivity contribution in [3.8, 4) is 11.4 Å². The average molecular weight is 306 g/mol. The summed E-state index contributed by atoms with van der Waals surface area (Å²) in [6.07, 6.45) is -4.59. The van der Waals surface area contributed by atoms with Gasteiger partial charge in [0, 0.05) is 11.8 Å². The van der Waals surface area contributed by atoms with Gasteiger partial charge in [0.15, 0.2) is 0 Å². The molecule has 22 heavy (non-hydrogen) atoms. The van der Waals surface area contributed by atoms with Crippen LogP contribution < -0.4 is 4.74 Å². The maximum atomic E-state index is 13.3. The van der Waals surface area contributed by atoms with Gasteiger partial charge in [-0.05, 0) is 24.3 Å². The SMILES string of the molecule is COc1ccc2c(c1)nc(C(F)(F)F)n2-c1ccc([NH-])cc1. The summed E-state index contributed by atoms with van der Waals surface area (Å²) in [7, 11) is 1.44. The van der Waals surface area contributed by atoms with E-state index in [0.717, 1.165) is 4.57 Å². The molecule has 0 radical (unpaired) electrons. The van der Waals surface area contributed by atoms with Gasteiger partial charge < -0.3 is 10.5 Å². The third-order valence-electron chi connectivity index (χ3n) is 3.24. The van der Waals surface area contributed by atoms with Crippen molar-refractivity contribution in [1.82, 2.24) is 9.55 Å². The Morgan fingerprint density at radius 1 is 1.09 bits per heavy atom. The van der Waals surface area contributed by atoms with Crippen molar-refractivity contribution in [2.24, 2.45) is 0 Å². The Kier molecular flexibility index (Phi) is 3.20. The lowest BCUT2D eigenvalue weighted by Crippen LogP contribution is -2.13. The molecular weight excluding hydrogens is 295 g/mol. The van der Waals surface area contributed by atoms with Crippen LogP contribution in [0.1, 0.15) is 5.82 Å². The molecule has 0 fully saturated rings. The predicted octanol–water partition coefficient (Wildman–Crippen LogP) is 4.74. The van der Waals surface area contributed by atoms with Crippen LogP contribution in [0.3, 0.4) is 0 Å². The number of halogens is 3. The number of methoxy groups -OCH3 is 1. The molecule has 0 saturated heterocycles. The summed E-state index contributed by atoms with van der Waals surface area (Å²) in [5, 5.41) is 0. The quantitative estimate of drug-likeness (QED) is 0.687. The van der Waals surface area contributed by atoms with E-state index in [2.05, 4.69) is 4.98 Å². The number of nitrogens with one attached hydrogen (secondary N) is 1. The monoisotopic (exact) mass is 306 g/mol. The van der Waals surface area contributed by atoms with Crippen LogP contribution in [-0.4, -0.2) is 16.7 Å². The molecule has 1 N–H and O–H groups in total. The molecule has 0 bridgehead atoms. The van der Waals surface area contributed by atoms with Crippen molar-refractivity contribution in [2.75, 3.05) is 7.11 Å². The fraction of sp³-hybridized carbons (Fsp3) is 0.133. The van der Waals surface area contributed by atoms with E-state index in [4.69, 9.17) is 10.5 Å². The summed E-state index contributed by atoms with van der Waals surface area (Å²) < 4.78 is 45.9. The van der Waals surface area contributed by atoms with Gasteiger partial charge in [0.25, 0.3) is 0 Å². The maximum absolute atomic E-state index is 13.3. The molecule has 1 aromatic heterocycles. The highest BCUT2D eigenvalue weighted by Crippen LogP contribution is 2.35. The number of nitrogens with zero attached hydrogens (tertiary/aromatic N) is 2. The van der Waals surface area contributed by atoms with E-state index in [-0.39, 0.29) is 11.2 Å². The lowest BCUT2D eigenvalue weighted by molar-refractivity contribution is -0.145. The molecule has 3 aromatic rings. The third-order valence-corrected chi connectivity index (χ3v) is 3.24. The summed E-state index contributed by atoms with van der Waals surface area (Å²) in [6, 6.07) is 10.4. The van der Waals surface area contributed by atoms with Crippen molar-refractivity contribution in [2.45, 2.75) is 6.18 Å². The van der Waals surface area contributed by atoms with Crippen molar-refractivity contribution in [1.29, 1.82) is 0 Å². The first-order valence-corrected chi connectivity index (χ1v) is 6.36. The topological polar surface area (TPSA) is 50.9 Å². The van der Waals surface area contributed by atoms with Gasteiger partial charge in [0.1, 0.15) is 5.75 Å². The Bertz CT molecular complexity index is 822. The molecule has 0 amide bonds. The highest BCUT2D eigenvalue weighted by molar-refractivity contribution is 5.80. The van der Waals surface area contributed by atoms with Crippen LogP contribution in [0.5, 0.6) is 5.75 Å². The lowest BCUT2D eigenvalue weighted by Gasteiger charge is -2.12. The van der Waals surface area contributed by atoms with E-state index in [1.807, 2.05) is 0 Å². The first-order chi connectivity index (χ1) is 10.4. The number of rotatable bonds is 2. The van der Waals surface area contributed by atoms with E-state index in [1.54, 1.807) is 6.07 Å². The second-order valence-corrected chi connectivity index (χ2v) is 4.67. The fourth-order valence-corrected chi connectivity index (χ4v) is 2.25. The Morgan fingerprint density at radius 2 is 1.77 bits per heavy atom. The number of hydrogen-bond acceptors (Lipinski definition) is 2. The molecule has 3 rings (SSSR count). The lowest BCUT2D eigenvalue weighted by atomic mass is 10.2. The molecular formula is C15H11F3N3O-. The minimum absolute atomic E-state index is 0.196. The maximum Gasteiger partial charge on any atom is 0.450 e. The van der Waals surface area contributed by atoms with Crippen LogP contribution in [0.2, 0.25) is 0 Å². The van der Waals surface area contributed by atoms with E-state index in [1.165, 1.54) is 43.5 Å². The Labute approximate surface area is 123 Å². The first kappa shape index (κ1) is 14.2. The summed E-state index contributed by atoms with van der Waals surface area (Å²) in [5.41, 5.74) is 8.49. The van der Waals surface area contributed by atoms with Gasteiger partial charge in [-0.3, -0.25) is 4.57 Å². The van der Waals surface area contributed by atoms with Gasteiger partial charge in [-0.2, -0.15) is 13.2 Å². The molecule has 7 heteroatoms. The van der Waals surface area contributed by atoms with E-state index >= 15 is 0 Å². The molecule has 0 unspecified atom stereocenters.